The largest absolute Gasteiger partial charge is 0.490 e. The molecule has 7 heteroatoms. The van der Waals surface area contributed by atoms with Gasteiger partial charge >= 0.3 is 0 Å². The third-order valence-corrected chi connectivity index (χ3v) is 6.88. The van der Waals surface area contributed by atoms with E-state index in [2.05, 4.69) is 23.1 Å². The Morgan fingerprint density at radius 2 is 1.81 bits per heavy atom. The molecule has 31 heavy (non-hydrogen) atoms. The molecule has 1 fully saturated rings. The number of aryl methyl sites for hydroxylation is 1. The summed E-state index contributed by atoms with van der Waals surface area (Å²) >= 11 is 1.76. The molecule has 2 aliphatic heterocycles. The van der Waals surface area contributed by atoms with Crippen LogP contribution in [0, 0.1) is 0 Å². The molecule has 1 aromatic heterocycles. The number of hydrogen-bond acceptors (Lipinski definition) is 6. The molecule has 1 amide bonds. The summed E-state index contributed by atoms with van der Waals surface area (Å²) in [5.74, 6) is 1.83. The van der Waals surface area contributed by atoms with Crippen molar-refractivity contribution >= 4 is 27.5 Å². The van der Waals surface area contributed by atoms with Gasteiger partial charge in [-0.15, -0.1) is 11.3 Å². The van der Waals surface area contributed by atoms with Crippen LogP contribution in [0.1, 0.15) is 23.4 Å². The molecule has 0 spiro atoms. The van der Waals surface area contributed by atoms with Crippen LogP contribution in [0.15, 0.2) is 42.5 Å². The van der Waals surface area contributed by atoms with Gasteiger partial charge in [-0.2, -0.15) is 0 Å². The number of piperazine rings is 1. The van der Waals surface area contributed by atoms with Crippen molar-refractivity contribution in [2.45, 2.75) is 25.8 Å². The third kappa shape index (κ3) is 4.83. The average Bonchev–Trinajstić information content (AvgIpc) is 3.06. The van der Waals surface area contributed by atoms with Gasteiger partial charge in [0.05, 0.1) is 30.0 Å². The lowest BCUT2D eigenvalue weighted by atomic mass is 10.1. The molecule has 0 N–H and O–H groups in total. The number of fused-ring (bicyclic) bond motifs is 2. The highest BCUT2D eigenvalue weighted by Gasteiger charge is 2.22. The fraction of sp³-hybridized carbons (Fsp3) is 0.417. The maximum absolute atomic E-state index is 12.7. The molecule has 0 bridgehead atoms. The minimum atomic E-state index is 0.228. The molecule has 0 unspecified atom stereocenters. The first kappa shape index (κ1) is 20.3. The lowest BCUT2D eigenvalue weighted by Crippen LogP contribution is -2.48. The van der Waals surface area contributed by atoms with Crippen molar-refractivity contribution in [3.05, 3.63) is 53.0 Å². The number of carbonyl (C=O) groups excluding carboxylic acids is 1. The molecule has 0 saturated carbocycles. The molecule has 0 atom stereocenters. The Balaban J connectivity index is 1.10. The van der Waals surface area contributed by atoms with Gasteiger partial charge in [0.2, 0.25) is 5.91 Å². The molecular weight excluding hydrogens is 410 g/mol. The quantitative estimate of drug-likeness (QED) is 0.609. The fourth-order valence-electron chi connectivity index (χ4n) is 4.11. The second kappa shape index (κ2) is 9.24. The van der Waals surface area contributed by atoms with Crippen LogP contribution in [0.25, 0.3) is 10.2 Å². The zero-order valence-electron chi connectivity index (χ0n) is 17.6. The summed E-state index contributed by atoms with van der Waals surface area (Å²) in [6, 6.07) is 14.3. The average molecular weight is 438 g/mol. The van der Waals surface area contributed by atoms with Crippen LogP contribution >= 0.6 is 11.3 Å². The summed E-state index contributed by atoms with van der Waals surface area (Å²) in [4.78, 5) is 21.9. The number of ether oxygens (including phenoxy) is 2. The van der Waals surface area contributed by atoms with Gasteiger partial charge in [0.1, 0.15) is 5.01 Å². The highest BCUT2D eigenvalue weighted by molar-refractivity contribution is 7.18. The minimum absolute atomic E-state index is 0.228. The van der Waals surface area contributed by atoms with Gasteiger partial charge in [-0.1, -0.05) is 18.2 Å². The Kier molecular flexibility index (Phi) is 6.04. The third-order valence-electron chi connectivity index (χ3n) is 5.86. The summed E-state index contributed by atoms with van der Waals surface area (Å²) in [5, 5.41) is 1.15. The number of aromatic nitrogens is 1. The van der Waals surface area contributed by atoms with E-state index in [1.54, 1.807) is 11.3 Å². The molecular formula is C24H27N3O3S. The molecule has 0 radical (unpaired) electrons. The van der Waals surface area contributed by atoms with E-state index >= 15 is 0 Å². The number of amides is 1. The number of hydrogen-bond donors (Lipinski definition) is 0. The summed E-state index contributed by atoms with van der Waals surface area (Å²) < 4.78 is 12.7. The van der Waals surface area contributed by atoms with Gasteiger partial charge in [0.25, 0.3) is 0 Å². The summed E-state index contributed by atoms with van der Waals surface area (Å²) in [5.41, 5.74) is 2.19. The molecule has 6 nitrogen and oxygen atoms in total. The maximum atomic E-state index is 12.7. The highest BCUT2D eigenvalue weighted by Crippen LogP contribution is 2.31. The van der Waals surface area contributed by atoms with E-state index in [-0.39, 0.29) is 5.91 Å². The van der Waals surface area contributed by atoms with Crippen molar-refractivity contribution in [2.24, 2.45) is 0 Å². The molecule has 2 aliphatic rings. The first-order chi connectivity index (χ1) is 15.2. The lowest BCUT2D eigenvalue weighted by molar-refractivity contribution is -0.133. The van der Waals surface area contributed by atoms with E-state index in [0.717, 1.165) is 73.2 Å². The first-order valence-corrected chi connectivity index (χ1v) is 11.8. The van der Waals surface area contributed by atoms with Crippen LogP contribution in [0.2, 0.25) is 0 Å². The van der Waals surface area contributed by atoms with Crippen LogP contribution in [-0.4, -0.2) is 60.1 Å². The van der Waals surface area contributed by atoms with Gasteiger partial charge in [0, 0.05) is 39.0 Å². The van der Waals surface area contributed by atoms with Crippen molar-refractivity contribution in [1.82, 2.24) is 14.8 Å². The van der Waals surface area contributed by atoms with E-state index in [1.165, 1.54) is 4.70 Å². The van der Waals surface area contributed by atoms with Crippen LogP contribution < -0.4 is 9.47 Å². The Morgan fingerprint density at radius 3 is 2.65 bits per heavy atom. The monoisotopic (exact) mass is 437 g/mol. The summed E-state index contributed by atoms with van der Waals surface area (Å²) in [6.07, 6.45) is 2.15. The number of rotatable bonds is 5. The van der Waals surface area contributed by atoms with Gasteiger partial charge in [-0.05, 0) is 36.2 Å². The van der Waals surface area contributed by atoms with Crippen molar-refractivity contribution in [1.29, 1.82) is 0 Å². The SMILES string of the molecule is O=C(CCc1ccc2c(c1)OCCCO2)N1CCN(Cc2nc3ccccc3s2)CC1. The molecule has 162 valence electrons. The van der Waals surface area contributed by atoms with Gasteiger partial charge in [-0.3, -0.25) is 9.69 Å². The van der Waals surface area contributed by atoms with E-state index in [9.17, 15) is 4.79 Å². The van der Waals surface area contributed by atoms with Crippen molar-refractivity contribution < 1.29 is 14.3 Å². The molecule has 1 saturated heterocycles. The molecule has 3 aromatic rings. The Morgan fingerprint density at radius 1 is 1.00 bits per heavy atom. The second-order valence-electron chi connectivity index (χ2n) is 8.06. The summed E-state index contributed by atoms with van der Waals surface area (Å²) in [6.45, 7) is 5.58. The summed E-state index contributed by atoms with van der Waals surface area (Å²) in [7, 11) is 0. The van der Waals surface area contributed by atoms with Gasteiger partial charge in [-0.25, -0.2) is 4.98 Å². The van der Waals surface area contributed by atoms with Gasteiger partial charge in [0.15, 0.2) is 11.5 Å². The predicted molar refractivity (Wildman–Crippen MR) is 122 cm³/mol. The van der Waals surface area contributed by atoms with E-state index < -0.39 is 0 Å². The molecule has 0 aliphatic carbocycles. The standard InChI is InChI=1S/C24H27N3O3S/c28-24(9-7-18-6-8-20-21(16-18)30-15-3-14-29-20)27-12-10-26(11-13-27)17-23-25-19-4-1-2-5-22(19)31-23/h1-2,4-6,8,16H,3,7,9-15,17H2. The predicted octanol–water partition coefficient (Wildman–Crippen LogP) is 3.73. The Bertz CT molecular complexity index is 1030. The van der Waals surface area contributed by atoms with Crippen molar-refractivity contribution in [2.75, 3.05) is 39.4 Å². The number of carbonyl (C=O) groups is 1. The maximum Gasteiger partial charge on any atom is 0.222 e. The fourth-order valence-corrected chi connectivity index (χ4v) is 5.12. The van der Waals surface area contributed by atoms with Gasteiger partial charge < -0.3 is 14.4 Å². The Hall–Kier alpha value is -2.64. The highest BCUT2D eigenvalue weighted by atomic mass is 32.1. The molecule has 3 heterocycles. The first-order valence-electron chi connectivity index (χ1n) is 11.0. The van der Waals surface area contributed by atoms with E-state index in [4.69, 9.17) is 14.5 Å². The van der Waals surface area contributed by atoms with Crippen LogP contribution in [0.3, 0.4) is 0 Å². The minimum Gasteiger partial charge on any atom is -0.490 e. The van der Waals surface area contributed by atoms with E-state index in [0.29, 0.717) is 19.6 Å². The topological polar surface area (TPSA) is 54.9 Å². The number of para-hydroxylation sites is 1. The van der Waals surface area contributed by atoms with Crippen LogP contribution in [0.5, 0.6) is 11.5 Å². The van der Waals surface area contributed by atoms with Crippen LogP contribution in [0.4, 0.5) is 0 Å². The van der Waals surface area contributed by atoms with Crippen molar-refractivity contribution in [3.8, 4) is 11.5 Å². The van der Waals surface area contributed by atoms with Crippen molar-refractivity contribution in [3.63, 3.8) is 0 Å². The zero-order chi connectivity index (χ0) is 21.0. The second-order valence-corrected chi connectivity index (χ2v) is 9.18. The van der Waals surface area contributed by atoms with E-state index in [1.807, 2.05) is 29.2 Å². The van der Waals surface area contributed by atoms with Crippen LogP contribution in [-0.2, 0) is 17.8 Å². The molecule has 2 aromatic carbocycles. The normalized spacial score (nSPS) is 17.0. The molecule has 5 rings (SSSR count). The number of nitrogens with zero attached hydrogens (tertiary/aromatic N) is 3. The number of thiazole rings is 1. The zero-order valence-corrected chi connectivity index (χ0v) is 18.4. The lowest BCUT2D eigenvalue weighted by Gasteiger charge is -2.34. The number of benzene rings is 2. The smallest absolute Gasteiger partial charge is 0.222 e. The Labute approximate surface area is 186 Å².